The lowest BCUT2D eigenvalue weighted by Crippen LogP contribution is -2.56. The predicted molar refractivity (Wildman–Crippen MR) is 434 cm³/mol. The van der Waals surface area contributed by atoms with E-state index in [4.69, 9.17) is 11.6 Å². The van der Waals surface area contributed by atoms with Crippen molar-refractivity contribution in [2.75, 3.05) is 114 Å². The lowest BCUT2D eigenvalue weighted by atomic mass is 9.71. The van der Waals surface area contributed by atoms with Gasteiger partial charge in [0.2, 0.25) is 17.7 Å². The number of thioether (sulfide) groups is 1. The topological polar surface area (TPSA) is 246 Å². The quantitative estimate of drug-likeness (QED) is 0.0114. The number of carbonyl (C=O) groups excluding carboxylic acids is 4. The highest BCUT2D eigenvalue weighted by Gasteiger charge is 2.44. The standard InChI is InChI=1S/C83H111ClN12O9S3/c1-59(61-22-24-63(25-23-61)77-60(2)86-58-107-77)87-80(100)75-51-69(97)55-95(75)81(101)78(82(3,4)5)85-39-16-9-7-8-15-21-76(98)94-49-45-92(46-50-94)57-83(6)38-36-72(62-26-30-66(84)31-27-62)65(53-83)54-91-43-47-93(48-44-91)68-32-28-64(29-33-68)79(99)89-108(104,105)71-34-35-73(74(52-71)96(102)103)88-67(56-106-70-19-13-12-14-20-70)37-42-90-40-17-10-11-18-41-90/h12-14,19-20,22-35,52,58-59,67,69,75,78,85,88,97H,7-11,15-18,21,36-51,53-57H2,1-6H3,(H,87,100)(H,89,99)/t59-,67+,69+,75-,78+,83+/m0/s1. The number of aryl methyl sites for hydroxylation is 1. The number of nitrogens with one attached hydrogen (secondary N) is 4. The van der Waals surface area contributed by atoms with Gasteiger partial charge in [-0.1, -0.05) is 132 Å². The van der Waals surface area contributed by atoms with E-state index in [-0.39, 0.29) is 70.0 Å². The summed E-state index contributed by atoms with van der Waals surface area (Å²) in [6, 6.07) is 35.2. The first kappa shape index (κ1) is 81.7. The number of amides is 4. The molecule has 4 saturated heterocycles. The molecule has 25 heteroatoms. The minimum Gasteiger partial charge on any atom is -0.391 e. The number of allylic oxidation sites excluding steroid dienone is 1. The van der Waals surface area contributed by atoms with Gasteiger partial charge in [0.15, 0.2) is 0 Å². The number of likely N-dealkylation sites (tertiary alicyclic amines) is 2. The largest absolute Gasteiger partial charge is 0.391 e. The van der Waals surface area contributed by atoms with Crippen LogP contribution in [0.1, 0.15) is 164 Å². The Hall–Kier alpha value is -7.26. The molecule has 6 aromatic rings. The molecule has 0 bridgehead atoms. The normalized spacial score (nSPS) is 20.2. The van der Waals surface area contributed by atoms with Crippen LogP contribution in [0.5, 0.6) is 0 Å². The van der Waals surface area contributed by atoms with Crippen LogP contribution in [-0.2, 0) is 24.4 Å². The monoisotopic (exact) mass is 1550 g/mol. The third-order valence-corrected chi connectivity index (χ3v) is 26.0. The number of anilines is 2. The van der Waals surface area contributed by atoms with Gasteiger partial charge in [-0.05, 0) is 179 Å². The molecule has 1 aromatic heterocycles. The third kappa shape index (κ3) is 22.5. The van der Waals surface area contributed by atoms with Gasteiger partial charge in [0.1, 0.15) is 11.7 Å². The zero-order valence-electron chi connectivity index (χ0n) is 63.8. The summed E-state index contributed by atoms with van der Waals surface area (Å²) in [5.41, 5.74) is 9.38. The molecule has 582 valence electrons. The molecule has 0 saturated carbocycles. The van der Waals surface area contributed by atoms with Gasteiger partial charge in [0.25, 0.3) is 21.6 Å². The molecule has 0 unspecified atom stereocenters. The van der Waals surface area contributed by atoms with E-state index in [2.05, 4.69) is 64.3 Å². The van der Waals surface area contributed by atoms with Crippen molar-refractivity contribution in [2.24, 2.45) is 10.8 Å². The minimum absolute atomic E-state index is 0.0401. The summed E-state index contributed by atoms with van der Waals surface area (Å²) in [7, 11) is -4.50. The van der Waals surface area contributed by atoms with E-state index in [9.17, 15) is 42.8 Å². The smallest absolute Gasteiger partial charge is 0.293 e. The second kappa shape index (κ2) is 38.1. The van der Waals surface area contributed by atoms with Crippen molar-refractivity contribution >= 4 is 91.0 Å². The summed E-state index contributed by atoms with van der Waals surface area (Å²) in [6.45, 7) is 24.1. The molecule has 5 aliphatic rings. The molecule has 21 nitrogen and oxygen atoms in total. The highest BCUT2D eigenvalue weighted by atomic mass is 35.5. The summed E-state index contributed by atoms with van der Waals surface area (Å²) in [5, 5.41) is 34.1. The van der Waals surface area contributed by atoms with Crippen LogP contribution in [0, 0.1) is 27.9 Å². The van der Waals surface area contributed by atoms with Gasteiger partial charge in [0, 0.05) is 130 Å². The fourth-order valence-corrected chi connectivity index (χ4v) is 19.0. The first-order valence-electron chi connectivity index (χ1n) is 38.9. The minimum atomic E-state index is -4.50. The first-order chi connectivity index (χ1) is 51.8. The Bertz CT molecular complexity index is 4140. The van der Waals surface area contributed by atoms with Crippen molar-refractivity contribution in [2.45, 2.75) is 178 Å². The number of hydrogen-bond donors (Lipinski definition) is 5. The molecule has 108 heavy (non-hydrogen) atoms. The summed E-state index contributed by atoms with van der Waals surface area (Å²) >= 11 is 9.68. The Balaban J connectivity index is 0.601. The van der Waals surface area contributed by atoms with E-state index in [0.29, 0.717) is 23.7 Å². The average Bonchev–Trinajstić information content (AvgIpc) is 0.901. The fourth-order valence-electron chi connectivity index (χ4n) is 16.0. The van der Waals surface area contributed by atoms with E-state index in [1.807, 2.05) is 124 Å². The molecule has 5 N–H and O–H groups in total. The van der Waals surface area contributed by atoms with Crippen LogP contribution in [0.4, 0.5) is 17.1 Å². The Kier molecular flexibility index (Phi) is 28.8. The Morgan fingerprint density at radius 1 is 0.806 bits per heavy atom. The summed E-state index contributed by atoms with van der Waals surface area (Å²) < 4.78 is 29.7. The van der Waals surface area contributed by atoms with Crippen LogP contribution in [0.2, 0.25) is 5.02 Å². The average molecular weight is 1550 g/mol. The molecule has 11 rings (SSSR count). The van der Waals surface area contributed by atoms with Crippen molar-refractivity contribution < 1.29 is 37.6 Å². The molecular weight excluding hydrogens is 1440 g/mol. The number of rotatable bonds is 32. The number of piperazine rings is 2. The van der Waals surface area contributed by atoms with Crippen LogP contribution < -0.4 is 25.6 Å². The summed E-state index contributed by atoms with van der Waals surface area (Å²) in [6.07, 6.45) is 13.0. The molecular formula is C83H111ClN12O9S3. The fraction of sp³-hybridized carbons (Fsp3) is 0.530. The number of halogens is 1. The van der Waals surface area contributed by atoms with Crippen LogP contribution in [-0.4, -0.2) is 200 Å². The number of unbranched alkanes of at least 4 members (excludes halogenated alkanes) is 4. The van der Waals surface area contributed by atoms with E-state index in [1.54, 1.807) is 40.1 Å². The van der Waals surface area contributed by atoms with Gasteiger partial charge in [0.05, 0.1) is 44.1 Å². The van der Waals surface area contributed by atoms with Gasteiger partial charge < -0.3 is 40.7 Å². The van der Waals surface area contributed by atoms with Gasteiger partial charge in [-0.3, -0.25) is 39.1 Å². The lowest BCUT2D eigenvalue weighted by Gasteiger charge is -2.44. The molecule has 4 amide bonds. The number of aromatic nitrogens is 1. The SMILES string of the molecule is Cc1ncsc1-c1ccc([C@H](C)NC(=O)[C@@H]2C[C@@H](O)CN2C(=O)[C@@H](NCCCCCCCC(=O)N2CCN(C[C@]3(C)CCC(c4ccc(Cl)cc4)=C(CN4CCN(c5ccc(C(=O)NS(=O)(=O)c6ccc(N[C@H](CCN7CCCCCC7)CSc7ccccc7)c([N+](=O)[O-])c6)cc5)CC4)C3)CC2)C(C)(C)C)cc1. The number of sulfonamides is 1. The zero-order chi connectivity index (χ0) is 76.5. The molecule has 0 radical (unpaired) electrons. The molecule has 5 heterocycles. The Morgan fingerprint density at radius 2 is 1.48 bits per heavy atom. The van der Waals surface area contributed by atoms with Gasteiger partial charge in [-0.2, -0.15) is 0 Å². The number of carbonyl (C=O) groups is 4. The second-order valence-corrected chi connectivity index (χ2v) is 35.8. The number of nitro groups is 1. The maximum Gasteiger partial charge on any atom is 0.293 e. The van der Waals surface area contributed by atoms with Crippen LogP contribution in [0.3, 0.4) is 0 Å². The summed E-state index contributed by atoms with van der Waals surface area (Å²) in [5.74, 6) is -0.414. The first-order valence-corrected chi connectivity index (χ1v) is 42.7. The lowest BCUT2D eigenvalue weighted by molar-refractivity contribution is -0.384. The molecule has 0 spiro atoms. The van der Waals surface area contributed by atoms with Crippen molar-refractivity contribution in [1.82, 2.24) is 44.8 Å². The van der Waals surface area contributed by atoms with Gasteiger partial charge in [-0.15, -0.1) is 23.1 Å². The molecule has 5 aromatic carbocycles. The van der Waals surface area contributed by atoms with E-state index in [1.165, 1.54) is 41.7 Å². The van der Waals surface area contributed by atoms with Crippen molar-refractivity contribution in [3.05, 3.63) is 170 Å². The van der Waals surface area contributed by atoms with E-state index >= 15 is 0 Å². The molecule has 1 aliphatic carbocycles. The maximum atomic E-state index is 14.3. The summed E-state index contributed by atoms with van der Waals surface area (Å²) in [4.78, 5) is 87.0. The Morgan fingerprint density at radius 3 is 2.16 bits per heavy atom. The number of nitrogens with zero attached hydrogens (tertiary/aromatic N) is 8. The number of aliphatic hydroxyl groups excluding tert-OH is 1. The van der Waals surface area contributed by atoms with E-state index in [0.717, 1.165) is 194 Å². The maximum absolute atomic E-state index is 14.3. The highest BCUT2D eigenvalue weighted by molar-refractivity contribution is 7.99. The van der Waals surface area contributed by atoms with Crippen molar-refractivity contribution in [3.8, 4) is 10.4 Å². The van der Waals surface area contributed by atoms with E-state index < -0.39 is 44.5 Å². The van der Waals surface area contributed by atoms with Crippen LogP contribution in [0.25, 0.3) is 16.0 Å². The number of nitro benzene ring substituents is 1. The number of hydrogen-bond acceptors (Lipinski definition) is 18. The van der Waals surface area contributed by atoms with Crippen LogP contribution in [0.15, 0.2) is 142 Å². The number of benzene rings is 5. The molecule has 6 atom stereocenters. The van der Waals surface area contributed by atoms with Crippen LogP contribution >= 0.6 is 34.7 Å². The predicted octanol–water partition coefficient (Wildman–Crippen LogP) is 13.7. The second-order valence-electron chi connectivity index (χ2n) is 31.7. The number of thiazole rings is 1. The Labute approximate surface area is 652 Å². The zero-order valence-corrected chi connectivity index (χ0v) is 67.0. The van der Waals surface area contributed by atoms with Crippen molar-refractivity contribution in [1.29, 1.82) is 0 Å². The van der Waals surface area contributed by atoms with Crippen molar-refractivity contribution in [3.63, 3.8) is 0 Å². The highest BCUT2D eigenvalue weighted by Crippen LogP contribution is 2.45. The number of aliphatic hydroxyl groups is 1. The third-order valence-electron chi connectivity index (χ3n) is 22.3. The number of β-amino-alcohol motifs (C(OH)–C–C–N with tert-alkyl or cyclic N) is 1. The molecule has 4 fully saturated rings. The molecule has 4 aliphatic heterocycles. The van der Waals surface area contributed by atoms with Gasteiger partial charge in [-0.25, -0.2) is 18.1 Å². The van der Waals surface area contributed by atoms with Gasteiger partial charge >= 0.3 is 0 Å².